The topological polar surface area (TPSA) is 43.6 Å². The summed E-state index contributed by atoms with van der Waals surface area (Å²) < 4.78 is 2.16. The van der Waals surface area contributed by atoms with Crippen LogP contribution in [0.1, 0.15) is 25.3 Å². The first-order chi connectivity index (χ1) is 11.4. The SMILES string of the molecule is CCCCSc1nnc(-c2ccccn2)n1Cc1ccccc1. The molecule has 0 aliphatic heterocycles. The van der Waals surface area contributed by atoms with E-state index in [9.17, 15) is 0 Å². The van der Waals surface area contributed by atoms with Crippen molar-refractivity contribution in [1.29, 1.82) is 0 Å². The van der Waals surface area contributed by atoms with Crippen molar-refractivity contribution < 1.29 is 0 Å². The van der Waals surface area contributed by atoms with E-state index >= 15 is 0 Å². The van der Waals surface area contributed by atoms with Gasteiger partial charge in [0.05, 0.1) is 6.54 Å². The molecule has 0 unspecified atom stereocenters. The molecule has 3 rings (SSSR count). The Bertz CT molecular complexity index is 725. The molecule has 0 saturated heterocycles. The predicted molar refractivity (Wildman–Crippen MR) is 94.4 cm³/mol. The van der Waals surface area contributed by atoms with Crippen molar-refractivity contribution in [3.05, 3.63) is 60.3 Å². The highest BCUT2D eigenvalue weighted by Gasteiger charge is 2.15. The van der Waals surface area contributed by atoms with Crippen molar-refractivity contribution in [3.63, 3.8) is 0 Å². The first-order valence-corrected chi connectivity index (χ1v) is 8.88. The lowest BCUT2D eigenvalue weighted by Gasteiger charge is -2.10. The Morgan fingerprint density at radius 1 is 1.00 bits per heavy atom. The van der Waals surface area contributed by atoms with E-state index < -0.39 is 0 Å². The molecule has 118 valence electrons. The summed E-state index contributed by atoms with van der Waals surface area (Å²) in [6.45, 7) is 2.96. The monoisotopic (exact) mass is 324 g/mol. The number of pyridine rings is 1. The maximum atomic E-state index is 4.43. The number of nitrogens with zero attached hydrogens (tertiary/aromatic N) is 4. The lowest BCUT2D eigenvalue weighted by Crippen LogP contribution is -2.05. The van der Waals surface area contributed by atoms with Gasteiger partial charge in [-0.15, -0.1) is 10.2 Å². The van der Waals surface area contributed by atoms with Crippen LogP contribution in [0.5, 0.6) is 0 Å². The normalized spacial score (nSPS) is 10.8. The number of benzene rings is 1. The molecule has 0 spiro atoms. The third-order valence-corrected chi connectivity index (χ3v) is 4.58. The van der Waals surface area contributed by atoms with Gasteiger partial charge in [-0.1, -0.05) is 61.5 Å². The molecule has 1 aromatic carbocycles. The molecule has 0 fully saturated rings. The average Bonchev–Trinajstić information content (AvgIpc) is 3.00. The molecule has 0 aliphatic carbocycles. The van der Waals surface area contributed by atoms with Crippen molar-refractivity contribution in [2.45, 2.75) is 31.5 Å². The van der Waals surface area contributed by atoms with Crippen LogP contribution in [0.4, 0.5) is 0 Å². The first kappa shape index (κ1) is 15.7. The Morgan fingerprint density at radius 3 is 2.57 bits per heavy atom. The number of aromatic nitrogens is 4. The number of thioether (sulfide) groups is 1. The zero-order chi connectivity index (χ0) is 15.9. The van der Waals surface area contributed by atoms with E-state index in [0.29, 0.717) is 0 Å². The summed E-state index contributed by atoms with van der Waals surface area (Å²) >= 11 is 1.77. The Morgan fingerprint density at radius 2 is 1.83 bits per heavy atom. The molecular weight excluding hydrogens is 304 g/mol. The van der Waals surface area contributed by atoms with Gasteiger partial charge in [0, 0.05) is 11.9 Å². The lowest BCUT2D eigenvalue weighted by molar-refractivity contribution is 0.712. The summed E-state index contributed by atoms with van der Waals surface area (Å²) in [5.41, 5.74) is 2.10. The average molecular weight is 324 g/mol. The molecule has 0 N–H and O–H groups in total. The molecule has 0 radical (unpaired) electrons. The number of hydrogen-bond acceptors (Lipinski definition) is 4. The summed E-state index contributed by atoms with van der Waals surface area (Å²) in [6, 6.07) is 16.3. The highest BCUT2D eigenvalue weighted by molar-refractivity contribution is 7.99. The van der Waals surface area contributed by atoms with Crippen molar-refractivity contribution in [2.24, 2.45) is 0 Å². The van der Waals surface area contributed by atoms with Crippen molar-refractivity contribution >= 4 is 11.8 Å². The minimum Gasteiger partial charge on any atom is -0.296 e. The van der Waals surface area contributed by atoms with Crippen LogP contribution in [0.25, 0.3) is 11.5 Å². The van der Waals surface area contributed by atoms with Crippen molar-refractivity contribution in [2.75, 3.05) is 5.75 Å². The van der Waals surface area contributed by atoms with Gasteiger partial charge in [-0.2, -0.15) is 0 Å². The smallest absolute Gasteiger partial charge is 0.191 e. The van der Waals surface area contributed by atoms with Crippen LogP contribution in [0.3, 0.4) is 0 Å². The van der Waals surface area contributed by atoms with Crippen LogP contribution in [0.2, 0.25) is 0 Å². The van der Waals surface area contributed by atoms with Gasteiger partial charge in [0.2, 0.25) is 0 Å². The molecule has 5 heteroatoms. The van der Waals surface area contributed by atoms with Gasteiger partial charge in [-0.3, -0.25) is 9.55 Å². The molecule has 3 aromatic rings. The molecule has 2 heterocycles. The molecule has 0 saturated carbocycles. The van der Waals surface area contributed by atoms with Crippen LogP contribution in [-0.2, 0) is 6.54 Å². The molecule has 2 aromatic heterocycles. The van der Waals surface area contributed by atoms with E-state index in [-0.39, 0.29) is 0 Å². The third kappa shape index (κ3) is 3.99. The van der Waals surface area contributed by atoms with Crippen LogP contribution in [0, 0.1) is 0 Å². The zero-order valence-corrected chi connectivity index (χ0v) is 14.0. The molecule has 23 heavy (non-hydrogen) atoms. The summed E-state index contributed by atoms with van der Waals surface area (Å²) in [5, 5.41) is 9.75. The van der Waals surface area contributed by atoms with E-state index in [2.05, 4.69) is 50.9 Å². The Kier molecular flexibility index (Phi) is 5.42. The first-order valence-electron chi connectivity index (χ1n) is 7.90. The second-order valence-corrected chi connectivity index (χ2v) is 6.36. The molecule has 0 atom stereocenters. The largest absolute Gasteiger partial charge is 0.296 e. The van der Waals surface area contributed by atoms with E-state index in [0.717, 1.165) is 29.0 Å². The maximum absolute atomic E-state index is 4.43. The molecular formula is C18H20N4S. The van der Waals surface area contributed by atoms with Crippen LogP contribution in [-0.4, -0.2) is 25.5 Å². The van der Waals surface area contributed by atoms with Crippen molar-refractivity contribution in [3.8, 4) is 11.5 Å². The van der Waals surface area contributed by atoms with Gasteiger partial charge in [0.25, 0.3) is 0 Å². The second kappa shape index (κ2) is 7.92. The Balaban J connectivity index is 1.93. The zero-order valence-electron chi connectivity index (χ0n) is 13.2. The fourth-order valence-corrected chi connectivity index (χ4v) is 3.32. The van der Waals surface area contributed by atoms with Gasteiger partial charge in [0.1, 0.15) is 5.69 Å². The van der Waals surface area contributed by atoms with Crippen molar-refractivity contribution in [1.82, 2.24) is 19.7 Å². The molecule has 4 nitrogen and oxygen atoms in total. The number of unbranched alkanes of at least 4 members (excludes halogenated alkanes) is 1. The fourth-order valence-electron chi connectivity index (χ4n) is 2.30. The van der Waals surface area contributed by atoms with Gasteiger partial charge in [0.15, 0.2) is 11.0 Å². The maximum Gasteiger partial charge on any atom is 0.191 e. The quantitative estimate of drug-likeness (QED) is 0.480. The number of rotatable bonds is 7. The standard InChI is InChI=1S/C18H20N4S/c1-2-3-13-23-18-21-20-17(16-11-7-8-12-19-16)22(18)14-15-9-5-4-6-10-15/h4-12H,2-3,13-14H2,1H3. The predicted octanol–water partition coefficient (Wildman–Crippen LogP) is 4.28. The second-order valence-electron chi connectivity index (χ2n) is 5.29. The van der Waals surface area contributed by atoms with E-state index in [1.807, 2.05) is 24.3 Å². The van der Waals surface area contributed by atoms with Crippen LogP contribution < -0.4 is 0 Å². The highest BCUT2D eigenvalue weighted by atomic mass is 32.2. The highest BCUT2D eigenvalue weighted by Crippen LogP contribution is 2.24. The van der Waals surface area contributed by atoms with Gasteiger partial charge < -0.3 is 0 Å². The summed E-state index contributed by atoms with van der Waals surface area (Å²) in [4.78, 5) is 4.43. The minimum atomic E-state index is 0.758. The van der Waals surface area contributed by atoms with Crippen LogP contribution in [0.15, 0.2) is 59.9 Å². The van der Waals surface area contributed by atoms with E-state index in [1.165, 1.54) is 18.4 Å². The Labute approximate surface area is 141 Å². The van der Waals surface area contributed by atoms with E-state index in [1.54, 1.807) is 18.0 Å². The lowest BCUT2D eigenvalue weighted by atomic mass is 10.2. The summed E-state index contributed by atoms with van der Waals surface area (Å²) in [6.07, 6.45) is 4.16. The molecule has 0 amide bonds. The minimum absolute atomic E-state index is 0.758. The summed E-state index contributed by atoms with van der Waals surface area (Å²) in [5.74, 6) is 1.89. The number of hydrogen-bond donors (Lipinski definition) is 0. The van der Waals surface area contributed by atoms with Gasteiger partial charge in [-0.25, -0.2) is 0 Å². The van der Waals surface area contributed by atoms with E-state index in [4.69, 9.17) is 0 Å². The molecule has 0 bridgehead atoms. The Hall–Kier alpha value is -2.14. The summed E-state index contributed by atoms with van der Waals surface area (Å²) in [7, 11) is 0. The third-order valence-electron chi connectivity index (χ3n) is 3.52. The van der Waals surface area contributed by atoms with Gasteiger partial charge >= 0.3 is 0 Å². The van der Waals surface area contributed by atoms with Gasteiger partial charge in [-0.05, 0) is 24.1 Å². The van der Waals surface area contributed by atoms with Crippen LogP contribution >= 0.6 is 11.8 Å². The fraction of sp³-hybridized carbons (Fsp3) is 0.278. The molecule has 0 aliphatic rings.